The zero-order valence-electron chi connectivity index (χ0n) is 11.8. The van der Waals surface area contributed by atoms with Crippen molar-refractivity contribution in [2.24, 2.45) is 17.8 Å². The summed E-state index contributed by atoms with van der Waals surface area (Å²) in [6.45, 7) is 7.40. The Bertz CT molecular complexity index is 343. The number of hydrogen-bond acceptors (Lipinski definition) is 2. The Balaban J connectivity index is 1.73. The molecule has 2 saturated heterocycles. The van der Waals surface area contributed by atoms with Crippen LogP contribution in [0.25, 0.3) is 0 Å². The van der Waals surface area contributed by atoms with Crippen LogP contribution in [0.4, 0.5) is 4.79 Å². The third kappa shape index (κ3) is 3.39. The Labute approximate surface area is 114 Å². The minimum absolute atomic E-state index is 0.101. The number of rotatable bonds is 3. The predicted molar refractivity (Wildman–Crippen MR) is 71.8 cm³/mol. The SMILES string of the molecule is CC(C)C1CCN(C(=O)N2CC(CC(=O)O)C2)CC1. The molecule has 0 saturated carbocycles. The Morgan fingerprint density at radius 2 is 1.74 bits per heavy atom. The van der Waals surface area contributed by atoms with Crippen molar-refractivity contribution >= 4 is 12.0 Å². The Morgan fingerprint density at radius 3 is 2.21 bits per heavy atom. The van der Waals surface area contributed by atoms with Crippen molar-refractivity contribution in [3.8, 4) is 0 Å². The molecule has 2 amide bonds. The van der Waals surface area contributed by atoms with Gasteiger partial charge in [0.25, 0.3) is 0 Å². The molecule has 0 aromatic heterocycles. The Morgan fingerprint density at radius 1 is 1.16 bits per heavy atom. The summed E-state index contributed by atoms with van der Waals surface area (Å²) in [6, 6.07) is 0.101. The minimum Gasteiger partial charge on any atom is -0.481 e. The zero-order chi connectivity index (χ0) is 14.0. The number of carbonyl (C=O) groups excluding carboxylic acids is 1. The van der Waals surface area contributed by atoms with Gasteiger partial charge in [0.1, 0.15) is 0 Å². The number of amides is 2. The number of hydrogen-bond donors (Lipinski definition) is 1. The molecule has 0 spiro atoms. The van der Waals surface area contributed by atoms with E-state index in [-0.39, 0.29) is 18.4 Å². The summed E-state index contributed by atoms with van der Waals surface area (Å²) >= 11 is 0. The molecule has 0 atom stereocenters. The first kappa shape index (κ1) is 14.2. The van der Waals surface area contributed by atoms with Crippen LogP contribution in [0.5, 0.6) is 0 Å². The summed E-state index contributed by atoms with van der Waals surface area (Å²) in [6.07, 6.45) is 2.37. The second-order valence-corrected chi connectivity index (χ2v) is 6.22. The maximum Gasteiger partial charge on any atom is 0.320 e. The summed E-state index contributed by atoms with van der Waals surface area (Å²) in [4.78, 5) is 26.5. The average Bonchev–Trinajstić information content (AvgIpc) is 2.32. The number of piperidine rings is 1. The first-order chi connectivity index (χ1) is 8.97. The Kier molecular flexibility index (Phi) is 4.32. The molecule has 0 aromatic carbocycles. The van der Waals surface area contributed by atoms with Gasteiger partial charge in [-0.25, -0.2) is 4.79 Å². The van der Waals surface area contributed by atoms with Crippen LogP contribution in [0.3, 0.4) is 0 Å². The molecule has 0 radical (unpaired) electrons. The van der Waals surface area contributed by atoms with E-state index >= 15 is 0 Å². The molecule has 1 N–H and O–H groups in total. The van der Waals surface area contributed by atoms with Crippen molar-refractivity contribution in [3.05, 3.63) is 0 Å². The lowest BCUT2D eigenvalue weighted by molar-refractivity contribution is -0.139. The lowest BCUT2D eigenvalue weighted by atomic mass is 9.87. The summed E-state index contributed by atoms with van der Waals surface area (Å²) < 4.78 is 0. The number of urea groups is 1. The number of aliphatic carboxylic acids is 1. The fraction of sp³-hybridized carbons (Fsp3) is 0.857. The third-order valence-electron chi connectivity index (χ3n) is 4.44. The van der Waals surface area contributed by atoms with Crippen LogP contribution in [-0.4, -0.2) is 53.1 Å². The van der Waals surface area contributed by atoms with Gasteiger partial charge in [0.15, 0.2) is 0 Å². The maximum atomic E-state index is 12.2. The van der Waals surface area contributed by atoms with Gasteiger partial charge < -0.3 is 14.9 Å². The van der Waals surface area contributed by atoms with E-state index < -0.39 is 5.97 Å². The predicted octanol–water partition coefficient (Wildman–Crippen LogP) is 1.88. The number of carbonyl (C=O) groups is 2. The number of nitrogens with zero attached hydrogens (tertiary/aromatic N) is 2. The van der Waals surface area contributed by atoms with Crippen molar-refractivity contribution in [3.63, 3.8) is 0 Å². The molecule has 0 bridgehead atoms. The fourth-order valence-corrected chi connectivity index (χ4v) is 3.06. The second kappa shape index (κ2) is 5.80. The second-order valence-electron chi connectivity index (χ2n) is 6.22. The average molecular weight is 268 g/mol. The Hall–Kier alpha value is -1.26. The molecule has 5 nitrogen and oxygen atoms in total. The first-order valence-corrected chi connectivity index (χ1v) is 7.23. The quantitative estimate of drug-likeness (QED) is 0.850. The molecule has 19 heavy (non-hydrogen) atoms. The molecule has 2 fully saturated rings. The highest BCUT2D eigenvalue weighted by molar-refractivity contribution is 5.76. The number of carboxylic acids is 1. The molecule has 2 aliphatic heterocycles. The fourth-order valence-electron chi connectivity index (χ4n) is 3.06. The zero-order valence-corrected chi connectivity index (χ0v) is 11.8. The van der Waals surface area contributed by atoms with Gasteiger partial charge in [0, 0.05) is 32.1 Å². The normalized spacial score (nSPS) is 21.6. The van der Waals surface area contributed by atoms with Gasteiger partial charge in [-0.1, -0.05) is 13.8 Å². The van der Waals surface area contributed by atoms with Crippen LogP contribution in [-0.2, 0) is 4.79 Å². The topological polar surface area (TPSA) is 60.9 Å². The minimum atomic E-state index is -0.769. The highest BCUT2D eigenvalue weighted by Crippen LogP contribution is 2.27. The molecule has 2 aliphatic rings. The van der Waals surface area contributed by atoms with Crippen molar-refractivity contribution in [2.45, 2.75) is 33.1 Å². The van der Waals surface area contributed by atoms with Crippen LogP contribution in [0.2, 0.25) is 0 Å². The van der Waals surface area contributed by atoms with E-state index in [4.69, 9.17) is 5.11 Å². The van der Waals surface area contributed by atoms with Crippen LogP contribution >= 0.6 is 0 Å². The van der Waals surface area contributed by atoms with E-state index in [1.165, 1.54) is 0 Å². The van der Waals surface area contributed by atoms with Crippen LogP contribution in [0, 0.1) is 17.8 Å². The number of carboxylic acid groups (broad SMARTS) is 1. The van der Waals surface area contributed by atoms with Gasteiger partial charge in [-0.15, -0.1) is 0 Å². The molecule has 0 unspecified atom stereocenters. The monoisotopic (exact) mass is 268 g/mol. The van der Waals surface area contributed by atoms with Crippen molar-refractivity contribution in [1.29, 1.82) is 0 Å². The van der Waals surface area contributed by atoms with Gasteiger partial charge in [0.05, 0.1) is 6.42 Å². The van der Waals surface area contributed by atoms with Crippen LogP contribution in [0.1, 0.15) is 33.1 Å². The van der Waals surface area contributed by atoms with Crippen molar-refractivity contribution < 1.29 is 14.7 Å². The molecule has 2 rings (SSSR count). The van der Waals surface area contributed by atoms with Crippen LogP contribution < -0.4 is 0 Å². The van der Waals surface area contributed by atoms with Gasteiger partial charge >= 0.3 is 12.0 Å². The molecular weight excluding hydrogens is 244 g/mol. The van der Waals surface area contributed by atoms with Gasteiger partial charge in [-0.3, -0.25) is 4.79 Å². The van der Waals surface area contributed by atoms with E-state index in [1.807, 2.05) is 4.90 Å². The summed E-state index contributed by atoms with van der Waals surface area (Å²) in [5, 5.41) is 8.69. The summed E-state index contributed by atoms with van der Waals surface area (Å²) in [7, 11) is 0. The first-order valence-electron chi connectivity index (χ1n) is 7.23. The van der Waals surface area contributed by atoms with E-state index in [9.17, 15) is 9.59 Å². The van der Waals surface area contributed by atoms with Crippen molar-refractivity contribution in [2.75, 3.05) is 26.2 Å². The lowest BCUT2D eigenvalue weighted by Gasteiger charge is -2.43. The van der Waals surface area contributed by atoms with Gasteiger partial charge in [-0.05, 0) is 24.7 Å². The summed E-state index contributed by atoms with van der Waals surface area (Å²) in [5.74, 6) is 0.811. The molecule has 0 aromatic rings. The molecule has 5 heteroatoms. The molecule has 108 valence electrons. The standard InChI is InChI=1S/C14H24N2O3/c1-10(2)12-3-5-15(6-4-12)14(19)16-8-11(9-16)7-13(17)18/h10-12H,3-9H2,1-2H3,(H,17,18). The highest BCUT2D eigenvalue weighted by Gasteiger charge is 2.35. The smallest absolute Gasteiger partial charge is 0.320 e. The van der Waals surface area contributed by atoms with E-state index in [2.05, 4.69) is 13.8 Å². The molecular formula is C14H24N2O3. The van der Waals surface area contributed by atoms with E-state index in [0.717, 1.165) is 31.8 Å². The number of likely N-dealkylation sites (tertiary alicyclic amines) is 2. The maximum absolute atomic E-state index is 12.2. The molecule has 2 heterocycles. The third-order valence-corrected chi connectivity index (χ3v) is 4.44. The van der Waals surface area contributed by atoms with E-state index in [1.54, 1.807) is 4.90 Å². The van der Waals surface area contributed by atoms with Gasteiger partial charge in [-0.2, -0.15) is 0 Å². The highest BCUT2D eigenvalue weighted by atomic mass is 16.4. The van der Waals surface area contributed by atoms with E-state index in [0.29, 0.717) is 19.0 Å². The van der Waals surface area contributed by atoms with Crippen molar-refractivity contribution in [1.82, 2.24) is 9.80 Å². The largest absolute Gasteiger partial charge is 0.481 e. The lowest BCUT2D eigenvalue weighted by Crippen LogP contribution is -2.56. The van der Waals surface area contributed by atoms with Gasteiger partial charge in [0.2, 0.25) is 0 Å². The van der Waals surface area contributed by atoms with Crippen LogP contribution in [0.15, 0.2) is 0 Å². The molecule has 0 aliphatic carbocycles. The summed E-state index contributed by atoms with van der Waals surface area (Å²) in [5.41, 5.74) is 0.